The number of hydrogen-bond donors (Lipinski definition) is 2. The van der Waals surface area contributed by atoms with Crippen LogP contribution in [-0.2, 0) is 6.54 Å². The summed E-state index contributed by atoms with van der Waals surface area (Å²) in [5.41, 5.74) is 4.23. The van der Waals surface area contributed by atoms with E-state index in [1.807, 2.05) is 25.1 Å². The molecular formula is C20H19ClN4O. The summed E-state index contributed by atoms with van der Waals surface area (Å²) in [5, 5.41) is 6.62. The zero-order valence-corrected chi connectivity index (χ0v) is 15.3. The average molecular weight is 367 g/mol. The molecule has 0 fully saturated rings. The third-order valence-electron chi connectivity index (χ3n) is 4.05. The Morgan fingerprint density at radius 1 is 1.04 bits per heavy atom. The summed E-state index contributed by atoms with van der Waals surface area (Å²) in [6.07, 6.45) is 1.37. The number of benzene rings is 2. The quantitative estimate of drug-likeness (QED) is 0.691. The molecule has 6 heteroatoms. The number of nitrogens with zero attached hydrogens (tertiary/aromatic N) is 2. The van der Waals surface area contributed by atoms with Crippen LogP contribution in [0.4, 0.5) is 11.5 Å². The molecule has 2 aromatic carbocycles. The van der Waals surface area contributed by atoms with Gasteiger partial charge in [-0.25, -0.2) is 9.97 Å². The van der Waals surface area contributed by atoms with Gasteiger partial charge in [-0.2, -0.15) is 0 Å². The molecule has 2 N–H and O–H groups in total. The molecular weight excluding hydrogens is 348 g/mol. The number of hydrogen-bond acceptors (Lipinski definition) is 4. The molecule has 0 radical (unpaired) electrons. The van der Waals surface area contributed by atoms with Gasteiger partial charge in [0.25, 0.3) is 5.91 Å². The first-order valence-electron chi connectivity index (χ1n) is 8.21. The van der Waals surface area contributed by atoms with Crippen LogP contribution in [0.15, 0.2) is 54.9 Å². The molecule has 3 aromatic rings. The highest BCUT2D eigenvalue weighted by Gasteiger charge is 2.10. The number of amides is 1. The van der Waals surface area contributed by atoms with Gasteiger partial charge < -0.3 is 10.6 Å². The lowest BCUT2D eigenvalue weighted by atomic mass is 10.1. The van der Waals surface area contributed by atoms with Crippen LogP contribution in [-0.4, -0.2) is 15.9 Å². The molecule has 1 amide bonds. The number of halogens is 1. The van der Waals surface area contributed by atoms with Crippen LogP contribution >= 0.6 is 11.6 Å². The fraction of sp³-hybridized carbons (Fsp3) is 0.150. The number of aromatic nitrogens is 2. The van der Waals surface area contributed by atoms with Crippen molar-refractivity contribution in [2.24, 2.45) is 0 Å². The van der Waals surface area contributed by atoms with Crippen molar-refractivity contribution < 1.29 is 4.79 Å². The van der Waals surface area contributed by atoms with Crippen molar-refractivity contribution >= 4 is 29.0 Å². The molecule has 0 saturated carbocycles. The monoisotopic (exact) mass is 366 g/mol. The third kappa shape index (κ3) is 4.37. The molecule has 3 rings (SSSR count). The molecule has 0 unspecified atom stereocenters. The van der Waals surface area contributed by atoms with Crippen LogP contribution in [0.25, 0.3) is 0 Å². The Bertz CT molecular complexity index is 943. The maximum absolute atomic E-state index is 12.4. The van der Waals surface area contributed by atoms with Crippen molar-refractivity contribution in [1.29, 1.82) is 0 Å². The number of aryl methyl sites for hydroxylation is 2. The van der Waals surface area contributed by atoms with Crippen LogP contribution in [0.3, 0.4) is 0 Å². The van der Waals surface area contributed by atoms with E-state index in [1.165, 1.54) is 17.5 Å². The Morgan fingerprint density at radius 2 is 1.85 bits per heavy atom. The smallest absolute Gasteiger partial charge is 0.274 e. The first kappa shape index (κ1) is 17.9. The number of carbonyl (C=O) groups excluding carboxylic acids is 1. The van der Waals surface area contributed by atoms with Gasteiger partial charge in [-0.3, -0.25) is 4.79 Å². The van der Waals surface area contributed by atoms with E-state index in [2.05, 4.69) is 39.7 Å². The lowest BCUT2D eigenvalue weighted by Crippen LogP contribution is -2.14. The van der Waals surface area contributed by atoms with Crippen LogP contribution in [0.2, 0.25) is 5.02 Å². The fourth-order valence-electron chi connectivity index (χ4n) is 2.44. The minimum Gasteiger partial charge on any atom is -0.366 e. The molecule has 0 spiro atoms. The minimum atomic E-state index is -0.314. The lowest BCUT2D eigenvalue weighted by Gasteiger charge is -2.10. The van der Waals surface area contributed by atoms with Gasteiger partial charge in [0.15, 0.2) is 0 Å². The number of nitrogens with one attached hydrogen (secondary N) is 2. The molecule has 0 aliphatic carbocycles. The Balaban J connectivity index is 1.69. The van der Waals surface area contributed by atoms with Gasteiger partial charge in [-0.15, -0.1) is 0 Å². The van der Waals surface area contributed by atoms with E-state index in [0.717, 1.165) is 5.56 Å². The van der Waals surface area contributed by atoms with Crippen LogP contribution in [0.5, 0.6) is 0 Å². The maximum Gasteiger partial charge on any atom is 0.274 e. The standard InChI is InChI=1S/C20H19ClN4O/c1-13-5-3-4-6-15(13)11-22-19-10-18(23-12-24-19)20(26)25-16-8-7-14(2)17(21)9-16/h3-10,12H,11H2,1-2H3,(H,25,26)(H,22,23,24). The number of rotatable bonds is 5. The second kappa shape index (κ2) is 7.97. The van der Waals surface area contributed by atoms with E-state index in [0.29, 0.717) is 23.1 Å². The third-order valence-corrected chi connectivity index (χ3v) is 4.46. The Labute approximate surface area is 157 Å². The molecule has 0 bridgehead atoms. The summed E-state index contributed by atoms with van der Waals surface area (Å²) >= 11 is 6.09. The Hall–Kier alpha value is -2.92. The van der Waals surface area contributed by atoms with Crippen molar-refractivity contribution in [3.8, 4) is 0 Å². The SMILES string of the molecule is Cc1ccc(NC(=O)c2cc(NCc3ccccc3C)ncn2)cc1Cl. The van der Waals surface area contributed by atoms with E-state index in [1.54, 1.807) is 18.2 Å². The molecule has 26 heavy (non-hydrogen) atoms. The lowest BCUT2D eigenvalue weighted by molar-refractivity contribution is 0.102. The van der Waals surface area contributed by atoms with Gasteiger partial charge in [-0.05, 0) is 42.7 Å². The summed E-state index contributed by atoms with van der Waals surface area (Å²) in [5.74, 6) is 0.279. The summed E-state index contributed by atoms with van der Waals surface area (Å²) < 4.78 is 0. The van der Waals surface area contributed by atoms with Gasteiger partial charge in [-0.1, -0.05) is 41.9 Å². The minimum absolute atomic E-state index is 0.281. The zero-order valence-electron chi connectivity index (χ0n) is 14.6. The molecule has 0 saturated heterocycles. The number of anilines is 2. The largest absolute Gasteiger partial charge is 0.366 e. The highest BCUT2D eigenvalue weighted by Crippen LogP contribution is 2.20. The van der Waals surface area contributed by atoms with Crippen molar-refractivity contribution in [2.75, 3.05) is 10.6 Å². The van der Waals surface area contributed by atoms with E-state index >= 15 is 0 Å². The van der Waals surface area contributed by atoms with Crippen molar-refractivity contribution in [2.45, 2.75) is 20.4 Å². The predicted octanol–water partition coefficient (Wildman–Crippen LogP) is 4.61. The fourth-order valence-corrected chi connectivity index (χ4v) is 2.62. The highest BCUT2D eigenvalue weighted by molar-refractivity contribution is 6.31. The zero-order chi connectivity index (χ0) is 18.5. The van der Waals surface area contributed by atoms with Crippen molar-refractivity contribution in [3.05, 3.63) is 82.3 Å². The second-order valence-electron chi connectivity index (χ2n) is 5.99. The summed E-state index contributed by atoms with van der Waals surface area (Å²) in [6, 6.07) is 15.1. The molecule has 0 aliphatic heterocycles. The predicted molar refractivity (Wildman–Crippen MR) is 105 cm³/mol. The molecule has 5 nitrogen and oxygen atoms in total. The molecule has 0 atom stereocenters. The summed E-state index contributed by atoms with van der Waals surface area (Å²) in [7, 11) is 0. The van der Waals surface area contributed by atoms with Crippen LogP contribution in [0, 0.1) is 13.8 Å². The van der Waals surface area contributed by atoms with Crippen LogP contribution < -0.4 is 10.6 Å². The first-order valence-corrected chi connectivity index (χ1v) is 8.58. The van der Waals surface area contributed by atoms with Crippen molar-refractivity contribution in [3.63, 3.8) is 0 Å². The molecule has 0 aliphatic rings. The number of carbonyl (C=O) groups is 1. The highest BCUT2D eigenvalue weighted by atomic mass is 35.5. The van der Waals surface area contributed by atoms with Gasteiger partial charge in [0.05, 0.1) is 0 Å². The van der Waals surface area contributed by atoms with Gasteiger partial charge in [0.2, 0.25) is 0 Å². The molecule has 1 heterocycles. The maximum atomic E-state index is 12.4. The van der Waals surface area contributed by atoms with Gasteiger partial charge in [0, 0.05) is 23.3 Å². The van der Waals surface area contributed by atoms with E-state index in [-0.39, 0.29) is 11.6 Å². The Morgan fingerprint density at radius 3 is 2.62 bits per heavy atom. The topological polar surface area (TPSA) is 66.9 Å². The summed E-state index contributed by atoms with van der Waals surface area (Å²) in [6.45, 7) is 4.59. The molecule has 1 aromatic heterocycles. The first-order chi connectivity index (χ1) is 12.5. The van der Waals surface area contributed by atoms with Crippen LogP contribution in [0.1, 0.15) is 27.2 Å². The van der Waals surface area contributed by atoms with Crippen molar-refractivity contribution in [1.82, 2.24) is 9.97 Å². The Kier molecular flexibility index (Phi) is 5.49. The van der Waals surface area contributed by atoms with E-state index < -0.39 is 0 Å². The van der Waals surface area contributed by atoms with Gasteiger partial charge in [0.1, 0.15) is 17.8 Å². The van der Waals surface area contributed by atoms with Gasteiger partial charge >= 0.3 is 0 Å². The second-order valence-corrected chi connectivity index (χ2v) is 6.39. The normalized spacial score (nSPS) is 10.4. The van der Waals surface area contributed by atoms with E-state index in [4.69, 9.17) is 11.6 Å². The average Bonchev–Trinajstić information content (AvgIpc) is 2.64. The molecule has 132 valence electrons. The summed E-state index contributed by atoms with van der Waals surface area (Å²) in [4.78, 5) is 20.6. The van der Waals surface area contributed by atoms with E-state index in [9.17, 15) is 4.79 Å².